The SMILES string of the molecule is CC1(C)CC[C@@H]([C@@H](C(=O)N2CCN(c3c(-c4ccccc4)cnc4[nH]ccc34)CC2)c2ccc(Cl)c(F)c2)N1.Cl.Cl. The van der Waals surface area contributed by atoms with Gasteiger partial charge in [0.25, 0.3) is 0 Å². The Kier molecular flexibility index (Phi) is 9.54. The zero-order valence-electron chi connectivity index (χ0n) is 23.1. The first-order valence-corrected chi connectivity index (χ1v) is 14.0. The van der Waals surface area contributed by atoms with Crippen LogP contribution in [0.5, 0.6) is 0 Å². The van der Waals surface area contributed by atoms with Gasteiger partial charge < -0.3 is 20.1 Å². The normalized spacial score (nSPS) is 19.0. The average Bonchev–Trinajstić information content (AvgIpc) is 3.56. The third-order valence-corrected chi connectivity index (χ3v) is 8.48. The summed E-state index contributed by atoms with van der Waals surface area (Å²) < 4.78 is 14.5. The number of fused-ring (bicyclic) bond motifs is 1. The Morgan fingerprint density at radius 3 is 2.46 bits per heavy atom. The number of aromatic amines is 1. The van der Waals surface area contributed by atoms with Gasteiger partial charge in [0.1, 0.15) is 11.5 Å². The number of piperazine rings is 1. The number of benzene rings is 2. The minimum atomic E-state index is -0.490. The number of H-pyrrole nitrogens is 1. The number of nitrogens with zero attached hydrogens (tertiary/aromatic N) is 3. The molecule has 10 heteroatoms. The van der Waals surface area contributed by atoms with Crippen LogP contribution >= 0.6 is 36.4 Å². The molecule has 2 fully saturated rings. The molecule has 4 aromatic rings. The molecule has 41 heavy (non-hydrogen) atoms. The Balaban J connectivity index is 0.00000194. The molecule has 0 saturated carbocycles. The fraction of sp³-hybridized carbons (Fsp3) is 0.355. The van der Waals surface area contributed by atoms with E-state index in [-0.39, 0.29) is 47.3 Å². The predicted molar refractivity (Wildman–Crippen MR) is 169 cm³/mol. The van der Waals surface area contributed by atoms with Crippen LogP contribution in [0.1, 0.15) is 38.2 Å². The lowest BCUT2D eigenvalue weighted by Crippen LogP contribution is -2.53. The van der Waals surface area contributed by atoms with Crippen LogP contribution in [0.25, 0.3) is 22.2 Å². The molecule has 2 atom stereocenters. The van der Waals surface area contributed by atoms with Gasteiger partial charge in [0.15, 0.2) is 0 Å². The van der Waals surface area contributed by atoms with E-state index in [4.69, 9.17) is 11.6 Å². The van der Waals surface area contributed by atoms with Crippen molar-refractivity contribution < 1.29 is 9.18 Å². The zero-order chi connectivity index (χ0) is 27.1. The first-order valence-electron chi connectivity index (χ1n) is 13.6. The third-order valence-electron chi connectivity index (χ3n) is 8.18. The largest absolute Gasteiger partial charge is 0.367 e. The topological polar surface area (TPSA) is 64.3 Å². The van der Waals surface area contributed by atoms with Crippen LogP contribution in [0, 0.1) is 5.82 Å². The molecule has 0 spiro atoms. The van der Waals surface area contributed by atoms with E-state index in [2.05, 4.69) is 52.2 Å². The van der Waals surface area contributed by atoms with Crippen LogP contribution in [0.4, 0.5) is 10.1 Å². The number of carbonyl (C=O) groups is 1. The van der Waals surface area contributed by atoms with Crippen molar-refractivity contribution in [1.29, 1.82) is 0 Å². The van der Waals surface area contributed by atoms with Gasteiger partial charge >= 0.3 is 0 Å². The van der Waals surface area contributed by atoms with E-state index in [1.54, 1.807) is 12.1 Å². The molecule has 2 saturated heterocycles. The molecule has 2 aliphatic heterocycles. The molecule has 4 heterocycles. The monoisotopic (exact) mass is 617 g/mol. The Morgan fingerprint density at radius 2 is 1.80 bits per heavy atom. The summed E-state index contributed by atoms with van der Waals surface area (Å²) in [6, 6.07) is 17.1. The summed E-state index contributed by atoms with van der Waals surface area (Å²) >= 11 is 5.98. The number of anilines is 1. The van der Waals surface area contributed by atoms with Crippen molar-refractivity contribution in [3.63, 3.8) is 0 Å². The Morgan fingerprint density at radius 1 is 1.07 bits per heavy atom. The third kappa shape index (κ3) is 6.19. The standard InChI is InChI=1S/C31H33ClFN5O.2ClH/c1-31(2)12-10-26(36-31)27(21-8-9-24(32)25(33)18-21)30(39)38-16-14-37(15-17-38)28-22-11-13-34-29(22)35-19-23(28)20-6-4-3-5-7-20;;/h3-9,11,13,18-19,26-27,36H,10,12,14-17H2,1-2H3,(H,34,35);2*1H/t26-,27-;;/m0../s1. The predicted octanol–water partition coefficient (Wildman–Crippen LogP) is 6.83. The summed E-state index contributed by atoms with van der Waals surface area (Å²) in [5.74, 6) is -0.922. The van der Waals surface area contributed by atoms with Gasteiger partial charge in [0, 0.05) is 61.1 Å². The second-order valence-electron chi connectivity index (χ2n) is 11.3. The fourth-order valence-corrected chi connectivity index (χ4v) is 6.29. The minimum Gasteiger partial charge on any atom is -0.367 e. The van der Waals surface area contributed by atoms with Gasteiger partial charge in [-0.15, -0.1) is 24.8 Å². The molecule has 2 N–H and O–H groups in total. The molecule has 2 aliphatic rings. The number of halogens is 4. The van der Waals surface area contributed by atoms with Crippen LogP contribution in [-0.4, -0.2) is 58.5 Å². The highest BCUT2D eigenvalue weighted by Crippen LogP contribution is 2.38. The van der Waals surface area contributed by atoms with E-state index >= 15 is 0 Å². The molecule has 2 aromatic carbocycles. The summed E-state index contributed by atoms with van der Waals surface area (Å²) in [7, 11) is 0. The van der Waals surface area contributed by atoms with Crippen molar-refractivity contribution in [1.82, 2.24) is 20.2 Å². The number of hydrogen-bond acceptors (Lipinski definition) is 4. The molecule has 6 rings (SSSR count). The van der Waals surface area contributed by atoms with E-state index in [0.717, 1.165) is 40.7 Å². The van der Waals surface area contributed by atoms with E-state index in [1.807, 2.05) is 35.5 Å². The minimum absolute atomic E-state index is 0. The maximum atomic E-state index is 14.5. The van der Waals surface area contributed by atoms with Gasteiger partial charge in [-0.3, -0.25) is 4.79 Å². The van der Waals surface area contributed by atoms with Crippen molar-refractivity contribution in [3.05, 3.63) is 83.4 Å². The molecule has 1 amide bonds. The van der Waals surface area contributed by atoms with Gasteiger partial charge in [-0.25, -0.2) is 9.37 Å². The number of carbonyl (C=O) groups excluding carboxylic acids is 1. The van der Waals surface area contributed by atoms with Crippen molar-refractivity contribution in [2.45, 2.75) is 44.2 Å². The van der Waals surface area contributed by atoms with Crippen molar-refractivity contribution in [2.24, 2.45) is 0 Å². The summed E-state index contributed by atoms with van der Waals surface area (Å²) in [4.78, 5) is 26.3. The highest BCUT2D eigenvalue weighted by molar-refractivity contribution is 6.30. The molecule has 0 radical (unpaired) electrons. The van der Waals surface area contributed by atoms with Crippen molar-refractivity contribution >= 4 is 59.0 Å². The van der Waals surface area contributed by atoms with E-state index in [9.17, 15) is 9.18 Å². The van der Waals surface area contributed by atoms with Crippen LogP contribution in [-0.2, 0) is 4.79 Å². The highest BCUT2D eigenvalue weighted by atomic mass is 35.5. The zero-order valence-corrected chi connectivity index (χ0v) is 25.5. The van der Waals surface area contributed by atoms with E-state index < -0.39 is 11.7 Å². The molecular formula is C31H35Cl3FN5O. The van der Waals surface area contributed by atoms with E-state index in [0.29, 0.717) is 31.7 Å². The first-order chi connectivity index (χ1) is 18.8. The molecule has 6 nitrogen and oxygen atoms in total. The van der Waals surface area contributed by atoms with Gasteiger partial charge in [0.2, 0.25) is 5.91 Å². The van der Waals surface area contributed by atoms with Crippen LogP contribution in [0.2, 0.25) is 5.02 Å². The Bertz CT molecular complexity index is 1500. The summed E-state index contributed by atoms with van der Waals surface area (Å²) in [5, 5.41) is 4.78. The smallest absolute Gasteiger partial charge is 0.231 e. The van der Waals surface area contributed by atoms with Gasteiger partial charge in [-0.1, -0.05) is 48.0 Å². The average molecular weight is 619 g/mol. The van der Waals surface area contributed by atoms with Gasteiger partial charge in [0.05, 0.1) is 16.6 Å². The van der Waals surface area contributed by atoms with E-state index in [1.165, 1.54) is 6.07 Å². The molecule has 0 aliphatic carbocycles. The maximum absolute atomic E-state index is 14.5. The second kappa shape index (κ2) is 12.6. The lowest BCUT2D eigenvalue weighted by molar-refractivity contribution is -0.133. The summed E-state index contributed by atoms with van der Waals surface area (Å²) in [5.41, 5.74) is 4.78. The van der Waals surface area contributed by atoms with Gasteiger partial charge in [-0.2, -0.15) is 0 Å². The van der Waals surface area contributed by atoms with Gasteiger partial charge in [-0.05, 0) is 56.0 Å². The number of amides is 1. The molecule has 218 valence electrons. The summed E-state index contributed by atoms with van der Waals surface area (Å²) in [6.07, 6.45) is 5.67. The fourth-order valence-electron chi connectivity index (χ4n) is 6.18. The number of rotatable bonds is 5. The number of nitrogens with one attached hydrogen (secondary N) is 2. The maximum Gasteiger partial charge on any atom is 0.231 e. The number of pyridine rings is 1. The second-order valence-corrected chi connectivity index (χ2v) is 11.7. The molecule has 0 unspecified atom stereocenters. The highest BCUT2D eigenvalue weighted by Gasteiger charge is 2.41. The number of aromatic nitrogens is 2. The lowest BCUT2D eigenvalue weighted by Gasteiger charge is -2.39. The van der Waals surface area contributed by atoms with Crippen molar-refractivity contribution in [2.75, 3.05) is 31.1 Å². The first kappa shape index (κ1) is 31.1. The Hall–Kier alpha value is -2.84. The van der Waals surface area contributed by atoms with Crippen LogP contribution < -0.4 is 10.2 Å². The summed E-state index contributed by atoms with van der Waals surface area (Å²) in [6.45, 7) is 6.86. The Labute approximate surface area is 257 Å². The lowest BCUT2D eigenvalue weighted by atomic mass is 9.88. The number of hydrogen-bond donors (Lipinski definition) is 2. The quantitative estimate of drug-likeness (QED) is 0.257. The van der Waals surface area contributed by atoms with Crippen LogP contribution in [0.3, 0.4) is 0 Å². The van der Waals surface area contributed by atoms with Crippen LogP contribution in [0.15, 0.2) is 67.0 Å². The van der Waals surface area contributed by atoms with Crippen molar-refractivity contribution in [3.8, 4) is 11.1 Å². The molecular weight excluding hydrogens is 584 g/mol. The molecule has 2 aromatic heterocycles. The molecule has 0 bridgehead atoms.